The number of nitrogens with one attached hydrogen (secondary N) is 1. The Morgan fingerprint density at radius 2 is 2.05 bits per heavy atom. The molecule has 5 nitrogen and oxygen atoms in total. The van der Waals surface area contributed by atoms with Crippen molar-refractivity contribution in [3.05, 3.63) is 0 Å². The average molecular weight is 270 g/mol. The van der Waals surface area contributed by atoms with Gasteiger partial charge in [-0.25, -0.2) is 9.59 Å². The van der Waals surface area contributed by atoms with Gasteiger partial charge in [-0.15, -0.1) is 0 Å². The van der Waals surface area contributed by atoms with Crippen molar-refractivity contribution in [2.75, 3.05) is 13.7 Å². The highest BCUT2D eigenvalue weighted by atomic mass is 16.5. The molecule has 1 saturated heterocycles. The first-order valence-electron chi connectivity index (χ1n) is 7.10. The maximum atomic E-state index is 12.2. The minimum Gasteiger partial charge on any atom is -0.467 e. The molecule has 2 amide bonds. The van der Waals surface area contributed by atoms with Gasteiger partial charge in [0.15, 0.2) is 0 Å². The fraction of sp³-hybridized carbons (Fsp3) is 0.857. The largest absolute Gasteiger partial charge is 0.467 e. The highest BCUT2D eigenvalue weighted by molar-refractivity contribution is 5.83. The molecule has 1 aliphatic heterocycles. The van der Waals surface area contributed by atoms with Crippen LogP contribution in [0.5, 0.6) is 0 Å². The highest BCUT2D eigenvalue weighted by Crippen LogP contribution is 2.17. The van der Waals surface area contributed by atoms with Gasteiger partial charge in [-0.3, -0.25) is 0 Å². The lowest BCUT2D eigenvalue weighted by Crippen LogP contribution is -2.52. The molecule has 1 aliphatic rings. The summed E-state index contributed by atoms with van der Waals surface area (Å²) in [5, 5.41) is 2.81. The van der Waals surface area contributed by atoms with E-state index in [9.17, 15) is 9.59 Å². The van der Waals surface area contributed by atoms with E-state index in [1.165, 1.54) is 7.11 Å². The number of likely N-dealkylation sites (tertiary alicyclic amines) is 1. The van der Waals surface area contributed by atoms with Gasteiger partial charge in [-0.05, 0) is 38.5 Å². The van der Waals surface area contributed by atoms with Crippen molar-refractivity contribution in [1.29, 1.82) is 0 Å². The first-order chi connectivity index (χ1) is 8.95. The molecule has 0 bridgehead atoms. The maximum absolute atomic E-state index is 12.2. The van der Waals surface area contributed by atoms with Crippen LogP contribution in [0, 0.1) is 5.92 Å². The molecule has 0 saturated carbocycles. The minimum atomic E-state index is -0.549. The second-order valence-corrected chi connectivity index (χ2v) is 5.69. The van der Waals surface area contributed by atoms with Gasteiger partial charge in [0.1, 0.15) is 6.04 Å². The molecular weight excluding hydrogens is 244 g/mol. The number of rotatable bonds is 4. The topological polar surface area (TPSA) is 58.6 Å². The summed E-state index contributed by atoms with van der Waals surface area (Å²) in [5.41, 5.74) is 0. The van der Waals surface area contributed by atoms with Gasteiger partial charge in [-0.1, -0.05) is 13.8 Å². The number of methoxy groups -OCH3 is 1. The standard InChI is InChI=1S/C14H26N2O3/c1-10(2)9-12(13(17)19-4)15-14(18)16-8-6-5-7-11(16)3/h10-12H,5-9H2,1-4H3,(H,15,18)/t11-,12+/m1/s1. The summed E-state index contributed by atoms with van der Waals surface area (Å²) < 4.78 is 4.76. The van der Waals surface area contributed by atoms with Crippen LogP contribution >= 0.6 is 0 Å². The predicted molar refractivity (Wildman–Crippen MR) is 73.8 cm³/mol. The van der Waals surface area contributed by atoms with Crippen LogP contribution in [0.4, 0.5) is 4.79 Å². The summed E-state index contributed by atoms with van der Waals surface area (Å²) in [5.74, 6) is -0.0464. The van der Waals surface area contributed by atoms with Gasteiger partial charge in [0.25, 0.3) is 0 Å². The summed E-state index contributed by atoms with van der Waals surface area (Å²) in [4.78, 5) is 25.7. The molecule has 0 spiro atoms. The third-order valence-electron chi connectivity index (χ3n) is 3.55. The number of amides is 2. The SMILES string of the molecule is COC(=O)[C@H](CC(C)C)NC(=O)N1CCCC[C@H]1C. The Hall–Kier alpha value is -1.26. The summed E-state index contributed by atoms with van der Waals surface area (Å²) in [6.45, 7) is 6.86. The number of carbonyl (C=O) groups excluding carboxylic acids is 2. The Labute approximate surface area is 115 Å². The van der Waals surface area contributed by atoms with E-state index >= 15 is 0 Å². The molecule has 0 aromatic heterocycles. The molecule has 0 aromatic carbocycles. The van der Waals surface area contributed by atoms with Crippen molar-refractivity contribution in [3.63, 3.8) is 0 Å². The van der Waals surface area contributed by atoms with Crippen LogP contribution in [0.3, 0.4) is 0 Å². The van der Waals surface area contributed by atoms with Gasteiger partial charge < -0.3 is 15.0 Å². The number of piperidine rings is 1. The van der Waals surface area contributed by atoms with Gasteiger partial charge in [0, 0.05) is 12.6 Å². The molecule has 0 aliphatic carbocycles. The second-order valence-electron chi connectivity index (χ2n) is 5.69. The van der Waals surface area contributed by atoms with Crippen LogP contribution in [-0.4, -0.2) is 42.6 Å². The summed E-state index contributed by atoms with van der Waals surface area (Å²) in [7, 11) is 1.35. The maximum Gasteiger partial charge on any atom is 0.328 e. The van der Waals surface area contributed by atoms with E-state index in [4.69, 9.17) is 4.74 Å². The molecule has 1 rings (SSSR count). The van der Waals surface area contributed by atoms with E-state index in [1.807, 2.05) is 25.7 Å². The Bertz CT molecular complexity index is 318. The zero-order chi connectivity index (χ0) is 14.4. The average Bonchev–Trinajstić information content (AvgIpc) is 2.36. The summed E-state index contributed by atoms with van der Waals surface area (Å²) >= 11 is 0. The molecule has 0 unspecified atom stereocenters. The predicted octanol–water partition coefficient (Wildman–Crippen LogP) is 2.16. The molecule has 5 heteroatoms. The number of hydrogen-bond donors (Lipinski definition) is 1. The smallest absolute Gasteiger partial charge is 0.328 e. The molecule has 1 N–H and O–H groups in total. The minimum absolute atomic E-state index is 0.150. The van der Waals surface area contributed by atoms with Gasteiger partial charge in [0.2, 0.25) is 0 Å². The Kier molecular flexibility index (Phi) is 6.12. The quantitative estimate of drug-likeness (QED) is 0.796. The highest BCUT2D eigenvalue weighted by Gasteiger charge is 2.28. The Balaban J connectivity index is 2.61. The van der Waals surface area contributed by atoms with Crippen molar-refractivity contribution in [2.24, 2.45) is 5.92 Å². The Morgan fingerprint density at radius 1 is 1.37 bits per heavy atom. The third-order valence-corrected chi connectivity index (χ3v) is 3.55. The zero-order valence-corrected chi connectivity index (χ0v) is 12.4. The first kappa shape index (κ1) is 15.8. The van der Waals surface area contributed by atoms with E-state index in [-0.39, 0.29) is 18.0 Å². The number of nitrogens with zero attached hydrogens (tertiary/aromatic N) is 1. The number of ether oxygens (including phenoxy) is 1. The summed E-state index contributed by atoms with van der Waals surface area (Å²) in [6.07, 6.45) is 3.82. The lowest BCUT2D eigenvalue weighted by atomic mass is 10.0. The lowest BCUT2D eigenvalue weighted by Gasteiger charge is -2.34. The number of carbonyl (C=O) groups is 2. The lowest BCUT2D eigenvalue weighted by molar-refractivity contribution is -0.143. The van der Waals surface area contributed by atoms with Crippen molar-refractivity contribution in [2.45, 2.75) is 58.5 Å². The van der Waals surface area contributed by atoms with Crippen LogP contribution in [0.25, 0.3) is 0 Å². The number of esters is 1. The summed E-state index contributed by atoms with van der Waals surface area (Å²) in [6, 6.07) is -0.457. The fourth-order valence-corrected chi connectivity index (χ4v) is 2.46. The van der Waals surface area contributed by atoms with E-state index in [1.54, 1.807) is 0 Å². The normalized spacial score (nSPS) is 21.1. The van der Waals surface area contributed by atoms with Crippen LogP contribution in [0.1, 0.15) is 46.5 Å². The molecule has 0 radical (unpaired) electrons. The molecule has 110 valence electrons. The van der Waals surface area contributed by atoms with E-state index in [2.05, 4.69) is 5.32 Å². The first-order valence-corrected chi connectivity index (χ1v) is 7.10. The number of hydrogen-bond acceptors (Lipinski definition) is 3. The zero-order valence-electron chi connectivity index (χ0n) is 12.4. The van der Waals surface area contributed by atoms with Crippen LogP contribution < -0.4 is 5.32 Å². The third kappa shape index (κ3) is 4.73. The van der Waals surface area contributed by atoms with Gasteiger partial charge >= 0.3 is 12.0 Å². The van der Waals surface area contributed by atoms with Crippen LogP contribution in [0.2, 0.25) is 0 Å². The second kappa shape index (κ2) is 7.36. The fourth-order valence-electron chi connectivity index (χ4n) is 2.46. The Morgan fingerprint density at radius 3 is 2.58 bits per heavy atom. The molecule has 2 atom stereocenters. The molecule has 19 heavy (non-hydrogen) atoms. The van der Waals surface area contributed by atoms with Crippen molar-refractivity contribution in [1.82, 2.24) is 10.2 Å². The van der Waals surface area contributed by atoms with E-state index in [0.29, 0.717) is 12.3 Å². The molecular formula is C14H26N2O3. The molecule has 0 aromatic rings. The van der Waals surface area contributed by atoms with E-state index in [0.717, 1.165) is 25.8 Å². The van der Waals surface area contributed by atoms with Crippen molar-refractivity contribution in [3.8, 4) is 0 Å². The van der Waals surface area contributed by atoms with Gasteiger partial charge in [0.05, 0.1) is 7.11 Å². The van der Waals surface area contributed by atoms with E-state index < -0.39 is 6.04 Å². The van der Waals surface area contributed by atoms with Crippen LogP contribution in [0.15, 0.2) is 0 Å². The number of urea groups is 1. The van der Waals surface area contributed by atoms with Crippen molar-refractivity contribution >= 4 is 12.0 Å². The molecule has 1 fully saturated rings. The van der Waals surface area contributed by atoms with Crippen molar-refractivity contribution < 1.29 is 14.3 Å². The van der Waals surface area contributed by atoms with Crippen LogP contribution in [-0.2, 0) is 9.53 Å². The monoisotopic (exact) mass is 270 g/mol. The molecule has 1 heterocycles. The van der Waals surface area contributed by atoms with Gasteiger partial charge in [-0.2, -0.15) is 0 Å².